The van der Waals surface area contributed by atoms with Crippen LogP contribution >= 0.6 is 0 Å². The van der Waals surface area contributed by atoms with Gasteiger partial charge in [0.25, 0.3) is 0 Å². The van der Waals surface area contributed by atoms with Gasteiger partial charge in [-0.25, -0.2) is 9.78 Å². The molecule has 0 saturated carbocycles. The Labute approximate surface area is 152 Å². The Kier molecular flexibility index (Phi) is 5.66. The molecule has 134 valence electrons. The normalized spacial score (nSPS) is 14.7. The minimum absolute atomic E-state index is 0.451. The smallest absolute Gasteiger partial charge is 0.404 e. The van der Waals surface area contributed by atoms with Crippen LogP contribution in [0.2, 0.25) is 0 Å². The van der Waals surface area contributed by atoms with Crippen LogP contribution in [0.25, 0.3) is 11.1 Å². The maximum absolute atomic E-state index is 10.5. The molecule has 1 aromatic heterocycles. The van der Waals surface area contributed by atoms with Crippen molar-refractivity contribution < 1.29 is 9.90 Å². The van der Waals surface area contributed by atoms with Crippen molar-refractivity contribution in [2.75, 3.05) is 44.2 Å². The maximum atomic E-state index is 10.5. The number of nitriles is 1. The van der Waals surface area contributed by atoms with Crippen LogP contribution in [0.1, 0.15) is 5.56 Å². The molecule has 0 bridgehead atoms. The van der Waals surface area contributed by atoms with Gasteiger partial charge in [-0.2, -0.15) is 5.26 Å². The van der Waals surface area contributed by atoms with E-state index in [0.717, 1.165) is 49.7 Å². The van der Waals surface area contributed by atoms with Gasteiger partial charge in [-0.15, -0.1) is 0 Å². The first-order valence-corrected chi connectivity index (χ1v) is 8.56. The first kappa shape index (κ1) is 17.7. The minimum atomic E-state index is -0.977. The highest BCUT2D eigenvalue weighted by molar-refractivity contribution is 5.65. The number of carbonyl (C=O) groups is 1. The van der Waals surface area contributed by atoms with E-state index in [1.165, 1.54) is 0 Å². The predicted molar refractivity (Wildman–Crippen MR) is 99.1 cm³/mol. The first-order valence-electron chi connectivity index (χ1n) is 8.56. The summed E-state index contributed by atoms with van der Waals surface area (Å²) < 4.78 is 0. The summed E-state index contributed by atoms with van der Waals surface area (Å²) in [6.07, 6.45) is 0.884. The number of aromatic nitrogens is 1. The Morgan fingerprint density at radius 2 is 1.81 bits per heavy atom. The van der Waals surface area contributed by atoms with Crippen LogP contribution in [-0.4, -0.2) is 60.4 Å². The fourth-order valence-corrected chi connectivity index (χ4v) is 3.00. The molecule has 1 fully saturated rings. The third-order valence-corrected chi connectivity index (χ3v) is 4.50. The zero-order valence-electron chi connectivity index (χ0n) is 14.4. The second kappa shape index (κ2) is 8.32. The van der Waals surface area contributed by atoms with Gasteiger partial charge in [-0.1, -0.05) is 12.1 Å². The van der Waals surface area contributed by atoms with Crippen LogP contribution in [0, 0.1) is 11.3 Å². The van der Waals surface area contributed by atoms with Crippen molar-refractivity contribution in [2.45, 2.75) is 0 Å². The molecule has 2 heterocycles. The van der Waals surface area contributed by atoms with E-state index in [-0.39, 0.29) is 0 Å². The van der Waals surface area contributed by atoms with Crippen LogP contribution in [0.15, 0.2) is 42.6 Å². The second-order valence-corrected chi connectivity index (χ2v) is 6.15. The molecule has 1 amide bonds. The molecule has 0 spiro atoms. The van der Waals surface area contributed by atoms with Crippen LogP contribution in [0.4, 0.5) is 10.6 Å². The fraction of sp³-hybridized carbons (Fsp3) is 0.316. The number of anilines is 1. The summed E-state index contributed by atoms with van der Waals surface area (Å²) in [4.78, 5) is 19.6. The first-order chi connectivity index (χ1) is 12.7. The summed E-state index contributed by atoms with van der Waals surface area (Å²) in [5.41, 5.74) is 2.71. The van der Waals surface area contributed by atoms with Gasteiger partial charge < -0.3 is 15.3 Å². The number of nitrogens with zero attached hydrogens (tertiary/aromatic N) is 4. The Bertz CT molecular complexity index is 775. The number of hydrogen-bond donors (Lipinski definition) is 2. The molecule has 1 aromatic carbocycles. The summed E-state index contributed by atoms with van der Waals surface area (Å²) in [6, 6.07) is 13.7. The number of piperazine rings is 1. The van der Waals surface area contributed by atoms with E-state index in [1.54, 1.807) is 0 Å². The molecule has 1 aliphatic rings. The highest BCUT2D eigenvalue weighted by Crippen LogP contribution is 2.22. The van der Waals surface area contributed by atoms with Gasteiger partial charge in [0.05, 0.1) is 11.6 Å². The lowest BCUT2D eigenvalue weighted by Gasteiger charge is -2.35. The number of rotatable bonds is 5. The molecule has 3 rings (SSSR count). The lowest BCUT2D eigenvalue weighted by Crippen LogP contribution is -2.48. The quantitative estimate of drug-likeness (QED) is 0.856. The standard InChI is InChI=1S/C19H21N5O2/c20-13-15-1-3-16(4-2-15)17-5-6-18(22-14-17)24-11-9-23(10-12-24)8-7-21-19(25)26/h1-6,14,21H,7-12H2,(H,25,26). The van der Waals surface area contributed by atoms with Crippen LogP contribution in [0.5, 0.6) is 0 Å². The lowest BCUT2D eigenvalue weighted by molar-refractivity contribution is 0.190. The number of amides is 1. The Morgan fingerprint density at radius 3 is 2.38 bits per heavy atom. The molecular weight excluding hydrogens is 330 g/mol. The zero-order valence-corrected chi connectivity index (χ0v) is 14.4. The maximum Gasteiger partial charge on any atom is 0.404 e. The molecular formula is C19H21N5O2. The van der Waals surface area contributed by atoms with Gasteiger partial charge in [-0.3, -0.25) is 4.90 Å². The third kappa shape index (κ3) is 4.49. The van der Waals surface area contributed by atoms with Crippen LogP contribution in [0.3, 0.4) is 0 Å². The molecule has 0 radical (unpaired) electrons. The summed E-state index contributed by atoms with van der Waals surface area (Å²) in [5, 5.41) is 19.9. The number of nitrogens with one attached hydrogen (secondary N) is 1. The number of pyridine rings is 1. The summed E-state index contributed by atoms with van der Waals surface area (Å²) in [7, 11) is 0. The highest BCUT2D eigenvalue weighted by atomic mass is 16.4. The van der Waals surface area contributed by atoms with Crippen molar-refractivity contribution in [1.82, 2.24) is 15.2 Å². The average molecular weight is 351 g/mol. The van der Waals surface area contributed by atoms with Crippen LogP contribution in [-0.2, 0) is 0 Å². The van der Waals surface area contributed by atoms with Crippen molar-refractivity contribution in [3.05, 3.63) is 48.2 Å². The minimum Gasteiger partial charge on any atom is -0.465 e. The van der Waals surface area contributed by atoms with Gasteiger partial charge in [0, 0.05) is 51.0 Å². The summed E-state index contributed by atoms with van der Waals surface area (Å²) in [6.45, 7) is 4.70. The molecule has 0 atom stereocenters. The van der Waals surface area contributed by atoms with Crippen LogP contribution < -0.4 is 10.2 Å². The van der Waals surface area contributed by atoms with Crippen molar-refractivity contribution >= 4 is 11.9 Å². The van der Waals surface area contributed by atoms with Crippen molar-refractivity contribution in [3.8, 4) is 17.2 Å². The Hall–Kier alpha value is -3.11. The number of benzene rings is 1. The van der Waals surface area contributed by atoms with E-state index in [0.29, 0.717) is 12.1 Å². The van der Waals surface area contributed by atoms with Gasteiger partial charge in [-0.05, 0) is 29.8 Å². The summed E-state index contributed by atoms with van der Waals surface area (Å²) >= 11 is 0. The van der Waals surface area contributed by atoms with Gasteiger partial charge in [0.2, 0.25) is 0 Å². The molecule has 0 unspecified atom stereocenters. The third-order valence-electron chi connectivity index (χ3n) is 4.50. The average Bonchev–Trinajstić information content (AvgIpc) is 2.68. The van der Waals surface area contributed by atoms with E-state index >= 15 is 0 Å². The largest absolute Gasteiger partial charge is 0.465 e. The molecule has 2 N–H and O–H groups in total. The highest BCUT2D eigenvalue weighted by Gasteiger charge is 2.17. The van der Waals surface area contributed by atoms with Crippen molar-refractivity contribution in [1.29, 1.82) is 5.26 Å². The second-order valence-electron chi connectivity index (χ2n) is 6.15. The van der Waals surface area contributed by atoms with E-state index in [2.05, 4.69) is 26.2 Å². The topological polar surface area (TPSA) is 92.5 Å². The van der Waals surface area contributed by atoms with E-state index in [9.17, 15) is 4.79 Å². The van der Waals surface area contributed by atoms with E-state index in [4.69, 9.17) is 10.4 Å². The van der Waals surface area contributed by atoms with Gasteiger partial charge >= 0.3 is 6.09 Å². The molecule has 26 heavy (non-hydrogen) atoms. The van der Waals surface area contributed by atoms with E-state index in [1.807, 2.05) is 42.6 Å². The lowest BCUT2D eigenvalue weighted by atomic mass is 10.1. The fourth-order valence-electron chi connectivity index (χ4n) is 3.00. The Balaban J connectivity index is 1.54. The Morgan fingerprint density at radius 1 is 1.12 bits per heavy atom. The summed E-state index contributed by atoms with van der Waals surface area (Å²) in [5.74, 6) is 0.950. The predicted octanol–water partition coefficient (Wildman–Crippen LogP) is 2.01. The van der Waals surface area contributed by atoms with Crippen molar-refractivity contribution in [2.24, 2.45) is 0 Å². The van der Waals surface area contributed by atoms with Gasteiger partial charge in [0.15, 0.2) is 0 Å². The molecule has 0 aliphatic carbocycles. The number of carboxylic acid groups (broad SMARTS) is 1. The number of hydrogen-bond acceptors (Lipinski definition) is 5. The molecule has 2 aromatic rings. The molecule has 1 saturated heterocycles. The monoisotopic (exact) mass is 351 g/mol. The molecule has 7 nitrogen and oxygen atoms in total. The van der Waals surface area contributed by atoms with Crippen molar-refractivity contribution in [3.63, 3.8) is 0 Å². The van der Waals surface area contributed by atoms with Gasteiger partial charge in [0.1, 0.15) is 5.82 Å². The van der Waals surface area contributed by atoms with E-state index < -0.39 is 6.09 Å². The molecule has 1 aliphatic heterocycles. The zero-order chi connectivity index (χ0) is 18.4. The SMILES string of the molecule is N#Cc1ccc(-c2ccc(N3CCN(CCNC(=O)O)CC3)nc2)cc1. The molecule has 7 heteroatoms.